The van der Waals surface area contributed by atoms with Crippen LogP contribution in [0.1, 0.15) is 31.2 Å². The van der Waals surface area contributed by atoms with Crippen molar-refractivity contribution in [1.29, 1.82) is 0 Å². The number of hydrogen-bond acceptors (Lipinski definition) is 6. The first-order valence-corrected chi connectivity index (χ1v) is 7.62. The van der Waals surface area contributed by atoms with Crippen molar-refractivity contribution >= 4 is 17.6 Å². The van der Waals surface area contributed by atoms with Crippen molar-refractivity contribution in [2.75, 3.05) is 18.5 Å². The number of hydrazone groups is 1. The molecule has 1 aliphatic rings. The normalized spacial score (nSPS) is 16.4. The Morgan fingerprint density at radius 1 is 1.30 bits per heavy atom. The molecule has 1 saturated heterocycles. The van der Waals surface area contributed by atoms with Crippen LogP contribution in [0.15, 0.2) is 35.4 Å². The average molecular weight is 313 g/mol. The average Bonchev–Trinajstić information content (AvgIpc) is 3.13. The van der Waals surface area contributed by atoms with Gasteiger partial charge in [0.05, 0.1) is 0 Å². The number of nitrogens with zero attached hydrogens (tertiary/aromatic N) is 5. The van der Waals surface area contributed by atoms with E-state index in [4.69, 9.17) is 0 Å². The fourth-order valence-corrected chi connectivity index (χ4v) is 2.76. The Hall–Kier alpha value is -2.77. The molecule has 120 valence electrons. The topological polar surface area (TPSA) is 99.2 Å². The first-order chi connectivity index (χ1) is 11.2. The van der Waals surface area contributed by atoms with Crippen LogP contribution in [0.5, 0.6) is 0 Å². The van der Waals surface area contributed by atoms with E-state index < -0.39 is 0 Å². The summed E-state index contributed by atoms with van der Waals surface area (Å²) < 4.78 is 0. The van der Waals surface area contributed by atoms with E-state index in [0.29, 0.717) is 11.6 Å². The first kappa shape index (κ1) is 15.1. The predicted octanol–water partition coefficient (Wildman–Crippen LogP) is 1.39. The molecule has 1 aromatic carbocycles. The van der Waals surface area contributed by atoms with Crippen LogP contribution in [0.2, 0.25) is 0 Å². The lowest BCUT2D eigenvalue weighted by Crippen LogP contribution is -2.41. The molecule has 0 radical (unpaired) electrons. The van der Waals surface area contributed by atoms with E-state index in [-0.39, 0.29) is 11.9 Å². The Morgan fingerprint density at radius 2 is 2.04 bits per heavy atom. The molecule has 23 heavy (non-hydrogen) atoms. The number of benzene rings is 1. The third-order valence-corrected chi connectivity index (χ3v) is 4.03. The Balaban J connectivity index is 1.54. The number of rotatable bonds is 4. The quantitative estimate of drug-likeness (QED) is 0.656. The molecule has 2 N–H and O–H groups in total. The molecule has 1 aliphatic heterocycles. The molecule has 1 fully saturated rings. The van der Waals surface area contributed by atoms with Gasteiger partial charge in [-0.15, -0.1) is 5.10 Å². The molecule has 2 aromatic rings. The Labute approximate surface area is 134 Å². The summed E-state index contributed by atoms with van der Waals surface area (Å²) in [5.41, 5.74) is 4.34. The number of nitrogens with one attached hydrogen (secondary N) is 2. The van der Waals surface area contributed by atoms with Gasteiger partial charge in [-0.2, -0.15) is 10.3 Å². The summed E-state index contributed by atoms with van der Waals surface area (Å²) in [6.45, 7) is 3.17. The lowest BCUT2D eigenvalue weighted by atomic mass is 9.89. The second-order valence-corrected chi connectivity index (χ2v) is 5.52. The molecular weight excluding hydrogens is 294 g/mol. The van der Waals surface area contributed by atoms with Gasteiger partial charge in [-0.05, 0) is 36.5 Å². The maximum Gasteiger partial charge on any atom is 0.283 e. The molecule has 8 heteroatoms. The molecule has 0 saturated carbocycles. The molecule has 0 spiro atoms. The second-order valence-electron chi connectivity index (χ2n) is 5.52. The minimum atomic E-state index is -0.0625. The second kappa shape index (κ2) is 6.99. The molecule has 1 amide bonds. The van der Waals surface area contributed by atoms with Crippen LogP contribution in [-0.2, 0) is 4.79 Å². The summed E-state index contributed by atoms with van der Waals surface area (Å²) in [5, 5.41) is 17.2. The van der Waals surface area contributed by atoms with Gasteiger partial charge in [-0.3, -0.25) is 4.79 Å². The number of aromatic nitrogens is 4. The van der Waals surface area contributed by atoms with Gasteiger partial charge in [0.25, 0.3) is 11.9 Å². The summed E-state index contributed by atoms with van der Waals surface area (Å²) in [6, 6.07) is 10.5. The number of carbonyl (C=O) groups is 1. The van der Waals surface area contributed by atoms with E-state index >= 15 is 0 Å². The van der Waals surface area contributed by atoms with Crippen LogP contribution < -0.4 is 5.43 Å². The molecule has 8 nitrogen and oxygen atoms in total. The number of hydrogen-bond donors (Lipinski definition) is 2. The smallest absolute Gasteiger partial charge is 0.283 e. The number of anilines is 1. The Morgan fingerprint density at radius 3 is 2.70 bits per heavy atom. The van der Waals surface area contributed by atoms with E-state index in [1.165, 1.54) is 5.56 Å². The van der Waals surface area contributed by atoms with Crippen LogP contribution in [0.4, 0.5) is 5.95 Å². The summed E-state index contributed by atoms with van der Waals surface area (Å²) >= 11 is 0. The van der Waals surface area contributed by atoms with E-state index in [1.54, 1.807) is 6.92 Å². The van der Waals surface area contributed by atoms with Gasteiger partial charge in [0.2, 0.25) is 0 Å². The van der Waals surface area contributed by atoms with Crippen LogP contribution in [0.3, 0.4) is 0 Å². The molecule has 0 unspecified atom stereocenters. The van der Waals surface area contributed by atoms with Gasteiger partial charge < -0.3 is 4.90 Å². The Kier molecular flexibility index (Phi) is 4.60. The largest absolute Gasteiger partial charge is 0.338 e. The van der Waals surface area contributed by atoms with Crippen molar-refractivity contribution in [2.24, 2.45) is 5.10 Å². The highest BCUT2D eigenvalue weighted by atomic mass is 16.2. The highest BCUT2D eigenvalue weighted by molar-refractivity contribution is 6.37. The molecule has 0 atom stereocenters. The third-order valence-electron chi connectivity index (χ3n) is 4.03. The summed E-state index contributed by atoms with van der Waals surface area (Å²) in [6.07, 6.45) is 1.95. The molecule has 3 rings (SSSR count). The number of carbonyl (C=O) groups excluding carboxylic acids is 1. The number of H-pyrrole nitrogens is 1. The van der Waals surface area contributed by atoms with Crippen LogP contribution >= 0.6 is 0 Å². The van der Waals surface area contributed by atoms with Gasteiger partial charge >= 0.3 is 0 Å². The van der Waals surface area contributed by atoms with Crippen molar-refractivity contribution < 1.29 is 4.79 Å². The number of amides is 1. The fourth-order valence-electron chi connectivity index (χ4n) is 2.76. The van der Waals surface area contributed by atoms with Crippen molar-refractivity contribution in [3.63, 3.8) is 0 Å². The number of aromatic amines is 1. The number of tetrazole rings is 1. The first-order valence-electron chi connectivity index (χ1n) is 7.62. The lowest BCUT2D eigenvalue weighted by Gasteiger charge is -2.32. The molecule has 0 aliphatic carbocycles. The van der Waals surface area contributed by atoms with Crippen molar-refractivity contribution in [3.8, 4) is 0 Å². The van der Waals surface area contributed by atoms with Crippen LogP contribution in [0, 0.1) is 0 Å². The van der Waals surface area contributed by atoms with E-state index in [1.807, 2.05) is 11.0 Å². The van der Waals surface area contributed by atoms with Gasteiger partial charge in [-0.25, -0.2) is 5.43 Å². The highest BCUT2D eigenvalue weighted by Crippen LogP contribution is 2.27. The zero-order chi connectivity index (χ0) is 16.1. The predicted molar refractivity (Wildman–Crippen MR) is 85.9 cm³/mol. The van der Waals surface area contributed by atoms with Gasteiger partial charge in [0, 0.05) is 13.1 Å². The SMILES string of the molecule is CC(=NNc1nn[nH]n1)C(=O)N1CCC(c2ccccc2)CC1. The minimum absolute atomic E-state index is 0.0625. The lowest BCUT2D eigenvalue weighted by molar-refractivity contribution is -0.125. The monoisotopic (exact) mass is 313 g/mol. The zero-order valence-corrected chi connectivity index (χ0v) is 12.9. The Bertz CT molecular complexity index is 660. The van der Waals surface area contributed by atoms with Gasteiger partial charge in [-0.1, -0.05) is 35.4 Å². The highest BCUT2D eigenvalue weighted by Gasteiger charge is 2.25. The number of piperidine rings is 1. The minimum Gasteiger partial charge on any atom is -0.338 e. The van der Waals surface area contributed by atoms with E-state index in [9.17, 15) is 4.79 Å². The fraction of sp³-hybridized carbons (Fsp3) is 0.400. The van der Waals surface area contributed by atoms with Crippen molar-refractivity contribution in [3.05, 3.63) is 35.9 Å². The van der Waals surface area contributed by atoms with Gasteiger partial charge in [0.15, 0.2) is 0 Å². The summed E-state index contributed by atoms with van der Waals surface area (Å²) in [5.74, 6) is 0.697. The maximum absolute atomic E-state index is 12.4. The van der Waals surface area contributed by atoms with Crippen molar-refractivity contribution in [1.82, 2.24) is 25.5 Å². The van der Waals surface area contributed by atoms with Gasteiger partial charge in [0.1, 0.15) is 5.71 Å². The maximum atomic E-state index is 12.4. The van der Waals surface area contributed by atoms with Crippen LogP contribution in [-0.4, -0.2) is 50.2 Å². The summed E-state index contributed by atoms with van der Waals surface area (Å²) in [4.78, 5) is 14.2. The number of likely N-dealkylation sites (tertiary alicyclic amines) is 1. The van der Waals surface area contributed by atoms with Crippen LogP contribution in [0.25, 0.3) is 0 Å². The third kappa shape index (κ3) is 3.71. The molecule has 1 aromatic heterocycles. The van der Waals surface area contributed by atoms with E-state index in [0.717, 1.165) is 25.9 Å². The van der Waals surface area contributed by atoms with E-state index in [2.05, 4.69) is 55.4 Å². The van der Waals surface area contributed by atoms with Crippen molar-refractivity contribution in [2.45, 2.75) is 25.7 Å². The molecule has 0 bridgehead atoms. The standard InChI is InChI=1S/C15H19N7O/c1-11(16-17-15-18-20-21-19-15)14(23)22-9-7-13(8-10-22)12-5-3-2-4-6-12/h2-6,13H,7-10H2,1H3,(H2,17,18,19,20,21). The zero-order valence-electron chi connectivity index (χ0n) is 12.9. The summed E-state index contributed by atoms with van der Waals surface area (Å²) in [7, 11) is 0. The molecular formula is C15H19N7O. The molecule has 2 heterocycles.